The van der Waals surface area contributed by atoms with Crippen LogP contribution in [0.15, 0.2) is 0 Å². The summed E-state index contributed by atoms with van der Waals surface area (Å²) in [5.41, 5.74) is 0. The Morgan fingerprint density at radius 3 is 2.58 bits per heavy atom. The van der Waals surface area contributed by atoms with E-state index in [0.717, 1.165) is 18.5 Å². The Labute approximate surface area is 120 Å². The number of nitrogens with one attached hydrogen (secondary N) is 1. The van der Waals surface area contributed by atoms with E-state index >= 15 is 0 Å². The van der Waals surface area contributed by atoms with Gasteiger partial charge in [-0.05, 0) is 51.9 Å². The van der Waals surface area contributed by atoms with E-state index in [0.29, 0.717) is 0 Å². The highest BCUT2D eigenvalue weighted by Gasteiger charge is 2.21. The molecule has 1 unspecified atom stereocenters. The van der Waals surface area contributed by atoms with Gasteiger partial charge in [-0.1, -0.05) is 27.2 Å². The summed E-state index contributed by atoms with van der Waals surface area (Å²) in [5.74, 6) is 0.774. The molecule has 0 aromatic heterocycles. The molecule has 0 saturated carbocycles. The smallest absolute Gasteiger partial charge is 0.0195 e. The van der Waals surface area contributed by atoms with E-state index in [4.69, 9.17) is 0 Å². The monoisotopic (exact) mass is 269 g/mol. The van der Waals surface area contributed by atoms with Crippen molar-refractivity contribution >= 4 is 0 Å². The summed E-state index contributed by atoms with van der Waals surface area (Å²) in [6.07, 6.45) is 4.06. The van der Waals surface area contributed by atoms with Crippen LogP contribution in [0.3, 0.4) is 0 Å². The van der Waals surface area contributed by atoms with Crippen LogP contribution in [0.25, 0.3) is 0 Å². The van der Waals surface area contributed by atoms with E-state index in [1.807, 2.05) is 0 Å². The van der Waals surface area contributed by atoms with E-state index in [2.05, 4.69) is 42.8 Å². The molecule has 1 fully saturated rings. The van der Waals surface area contributed by atoms with Crippen LogP contribution in [0, 0.1) is 5.92 Å². The molecule has 114 valence electrons. The van der Waals surface area contributed by atoms with Crippen molar-refractivity contribution in [3.63, 3.8) is 0 Å². The Kier molecular flexibility index (Phi) is 8.67. The zero-order valence-electron chi connectivity index (χ0n) is 13.6. The van der Waals surface area contributed by atoms with E-state index in [1.165, 1.54) is 58.5 Å². The lowest BCUT2D eigenvalue weighted by molar-refractivity contribution is 0.0869. The summed E-state index contributed by atoms with van der Waals surface area (Å²) >= 11 is 0. The molecule has 19 heavy (non-hydrogen) atoms. The SMILES string of the molecule is CCN1CCN(CCCCCNCC(C)C)CC1C. The lowest BCUT2D eigenvalue weighted by atomic mass is 10.1. The fourth-order valence-corrected chi connectivity index (χ4v) is 2.90. The van der Waals surface area contributed by atoms with Crippen molar-refractivity contribution in [3.8, 4) is 0 Å². The Hall–Kier alpha value is -0.120. The molecule has 1 aliphatic heterocycles. The van der Waals surface area contributed by atoms with Gasteiger partial charge in [-0.25, -0.2) is 0 Å². The number of hydrogen-bond donors (Lipinski definition) is 1. The molecule has 1 aliphatic rings. The van der Waals surface area contributed by atoms with Crippen molar-refractivity contribution in [2.24, 2.45) is 5.92 Å². The maximum Gasteiger partial charge on any atom is 0.0195 e. The second-order valence-electron chi connectivity index (χ2n) is 6.44. The predicted molar refractivity (Wildman–Crippen MR) is 84.7 cm³/mol. The van der Waals surface area contributed by atoms with E-state index in [1.54, 1.807) is 0 Å². The maximum atomic E-state index is 3.52. The Bertz CT molecular complexity index is 218. The minimum absolute atomic E-state index is 0.742. The fourth-order valence-electron chi connectivity index (χ4n) is 2.90. The van der Waals surface area contributed by atoms with Gasteiger partial charge in [0.25, 0.3) is 0 Å². The molecule has 0 amide bonds. The van der Waals surface area contributed by atoms with Gasteiger partial charge in [-0.3, -0.25) is 4.90 Å². The minimum Gasteiger partial charge on any atom is -0.316 e. The fraction of sp³-hybridized carbons (Fsp3) is 1.00. The summed E-state index contributed by atoms with van der Waals surface area (Å²) in [7, 11) is 0. The minimum atomic E-state index is 0.742. The second-order valence-corrected chi connectivity index (χ2v) is 6.44. The van der Waals surface area contributed by atoms with Crippen LogP contribution >= 0.6 is 0 Å². The van der Waals surface area contributed by atoms with Crippen molar-refractivity contribution in [3.05, 3.63) is 0 Å². The van der Waals surface area contributed by atoms with Gasteiger partial charge in [0.2, 0.25) is 0 Å². The summed E-state index contributed by atoms with van der Waals surface area (Å²) in [4.78, 5) is 5.24. The van der Waals surface area contributed by atoms with E-state index in [-0.39, 0.29) is 0 Å². The standard InChI is InChI=1S/C16H35N3/c1-5-19-12-11-18(14-16(19)4)10-8-6-7-9-17-13-15(2)3/h15-17H,5-14H2,1-4H3. The molecule has 1 heterocycles. The highest BCUT2D eigenvalue weighted by Crippen LogP contribution is 2.10. The average molecular weight is 269 g/mol. The molecule has 0 radical (unpaired) electrons. The molecule has 0 aromatic rings. The molecule has 1 atom stereocenters. The number of likely N-dealkylation sites (N-methyl/N-ethyl adjacent to an activating group) is 1. The maximum absolute atomic E-state index is 3.52. The van der Waals surface area contributed by atoms with Crippen LogP contribution in [0.4, 0.5) is 0 Å². The first-order valence-electron chi connectivity index (χ1n) is 8.30. The molecule has 0 aliphatic carbocycles. The molecule has 0 aromatic carbocycles. The molecule has 1 N–H and O–H groups in total. The summed E-state index contributed by atoms with van der Waals surface area (Å²) in [6.45, 7) is 17.8. The first kappa shape index (κ1) is 16.9. The third-order valence-electron chi connectivity index (χ3n) is 4.14. The normalized spacial score (nSPS) is 22.3. The van der Waals surface area contributed by atoms with Gasteiger partial charge in [0.05, 0.1) is 0 Å². The van der Waals surface area contributed by atoms with Crippen molar-refractivity contribution < 1.29 is 0 Å². The third kappa shape index (κ3) is 7.28. The molecule has 1 rings (SSSR count). The van der Waals surface area contributed by atoms with Crippen LogP contribution in [-0.4, -0.2) is 61.7 Å². The quantitative estimate of drug-likeness (QED) is 0.649. The molecule has 0 spiro atoms. The van der Waals surface area contributed by atoms with Gasteiger partial charge in [0, 0.05) is 25.7 Å². The molecule has 1 saturated heterocycles. The number of hydrogen-bond acceptors (Lipinski definition) is 3. The largest absolute Gasteiger partial charge is 0.316 e. The Balaban J connectivity index is 1.95. The summed E-state index contributed by atoms with van der Waals surface area (Å²) in [5, 5.41) is 3.52. The van der Waals surface area contributed by atoms with Crippen molar-refractivity contribution in [1.82, 2.24) is 15.1 Å². The first-order chi connectivity index (χ1) is 9.13. The third-order valence-corrected chi connectivity index (χ3v) is 4.14. The predicted octanol–water partition coefficient (Wildman–Crippen LogP) is 2.43. The van der Waals surface area contributed by atoms with Crippen LogP contribution in [-0.2, 0) is 0 Å². The number of rotatable bonds is 9. The zero-order valence-corrected chi connectivity index (χ0v) is 13.6. The molecule has 3 nitrogen and oxygen atoms in total. The number of nitrogens with zero attached hydrogens (tertiary/aromatic N) is 2. The second kappa shape index (κ2) is 9.73. The molecular formula is C16H35N3. The van der Waals surface area contributed by atoms with Crippen molar-refractivity contribution in [2.45, 2.75) is 53.0 Å². The lowest BCUT2D eigenvalue weighted by Crippen LogP contribution is -2.51. The van der Waals surface area contributed by atoms with Gasteiger partial charge in [0.1, 0.15) is 0 Å². The highest BCUT2D eigenvalue weighted by molar-refractivity contribution is 4.78. The molecule has 3 heteroatoms. The van der Waals surface area contributed by atoms with E-state index in [9.17, 15) is 0 Å². The number of piperazine rings is 1. The van der Waals surface area contributed by atoms with Gasteiger partial charge in [0.15, 0.2) is 0 Å². The van der Waals surface area contributed by atoms with Crippen LogP contribution < -0.4 is 5.32 Å². The molecule has 0 bridgehead atoms. The van der Waals surface area contributed by atoms with Gasteiger partial charge in [-0.15, -0.1) is 0 Å². The topological polar surface area (TPSA) is 18.5 Å². The highest BCUT2D eigenvalue weighted by atomic mass is 15.3. The van der Waals surface area contributed by atoms with Crippen LogP contribution in [0.2, 0.25) is 0 Å². The number of unbranched alkanes of at least 4 members (excludes halogenated alkanes) is 2. The van der Waals surface area contributed by atoms with Crippen LogP contribution in [0.1, 0.15) is 47.0 Å². The Morgan fingerprint density at radius 1 is 1.16 bits per heavy atom. The van der Waals surface area contributed by atoms with Gasteiger partial charge in [-0.2, -0.15) is 0 Å². The van der Waals surface area contributed by atoms with Crippen molar-refractivity contribution in [1.29, 1.82) is 0 Å². The van der Waals surface area contributed by atoms with Gasteiger partial charge < -0.3 is 10.2 Å². The average Bonchev–Trinajstić information content (AvgIpc) is 2.37. The summed E-state index contributed by atoms with van der Waals surface area (Å²) < 4.78 is 0. The first-order valence-corrected chi connectivity index (χ1v) is 8.30. The zero-order chi connectivity index (χ0) is 14.1. The summed E-state index contributed by atoms with van der Waals surface area (Å²) in [6, 6.07) is 0.742. The lowest BCUT2D eigenvalue weighted by Gasteiger charge is -2.39. The Morgan fingerprint density at radius 2 is 1.95 bits per heavy atom. The van der Waals surface area contributed by atoms with E-state index < -0.39 is 0 Å². The molecular weight excluding hydrogens is 234 g/mol. The van der Waals surface area contributed by atoms with Crippen molar-refractivity contribution in [2.75, 3.05) is 45.8 Å². The van der Waals surface area contributed by atoms with Gasteiger partial charge >= 0.3 is 0 Å². The van der Waals surface area contributed by atoms with Crippen LogP contribution in [0.5, 0.6) is 0 Å².